The summed E-state index contributed by atoms with van der Waals surface area (Å²) < 4.78 is 0. The monoisotopic (exact) mass is 507 g/mol. The first-order valence-electron chi connectivity index (χ1n) is 10.1. The van der Waals surface area contributed by atoms with Crippen molar-refractivity contribution in [1.29, 1.82) is 0 Å². The lowest BCUT2D eigenvalue weighted by Crippen LogP contribution is -2.36. The van der Waals surface area contributed by atoms with E-state index in [2.05, 4.69) is 9.97 Å². The Morgan fingerprint density at radius 1 is 1.03 bits per heavy atom. The zero-order valence-electron chi connectivity index (χ0n) is 18.3. The number of nitrogens with two attached hydrogens (primary N) is 2. The zero-order chi connectivity index (χ0) is 23.1. The number of carbonyl (C=O) groups is 3. The van der Waals surface area contributed by atoms with Crippen molar-refractivity contribution in [3.8, 4) is 0 Å². The van der Waals surface area contributed by atoms with Gasteiger partial charge in [0.2, 0.25) is 5.91 Å². The highest BCUT2D eigenvalue weighted by atomic mass is 35.5. The number of H-pyrrole nitrogens is 1. The number of imidazole rings is 1. The van der Waals surface area contributed by atoms with Crippen LogP contribution in [0.4, 0.5) is 5.82 Å². The van der Waals surface area contributed by atoms with Crippen LogP contribution in [0.5, 0.6) is 0 Å². The molecule has 2 aromatic carbocycles. The molecule has 4 rings (SSSR count). The fourth-order valence-electron chi connectivity index (χ4n) is 3.51. The Hall–Kier alpha value is -3.40. The van der Waals surface area contributed by atoms with E-state index >= 15 is 0 Å². The van der Waals surface area contributed by atoms with Gasteiger partial charge in [-0.25, -0.2) is 4.98 Å². The summed E-state index contributed by atoms with van der Waals surface area (Å²) in [7, 11) is 0. The molecule has 11 heteroatoms. The molecule has 0 bridgehead atoms. The third-order valence-corrected chi connectivity index (χ3v) is 5.11. The molecule has 1 aliphatic carbocycles. The number of carbonyl (C=O) groups excluding carboxylic acids is 2. The highest BCUT2D eigenvalue weighted by Crippen LogP contribution is 2.22. The van der Waals surface area contributed by atoms with E-state index in [9.17, 15) is 14.4 Å². The number of carboxylic acids is 1. The summed E-state index contributed by atoms with van der Waals surface area (Å²) >= 11 is 0. The molecule has 0 saturated carbocycles. The summed E-state index contributed by atoms with van der Waals surface area (Å²) in [6.07, 6.45) is 6.23. The quantitative estimate of drug-likeness (QED) is 0.401. The number of rotatable bonds is 6. The third kappa shape index (κ3) is 7.31. The van der Waals surface area contributed by atoms with Crippen molar-refractivity contribution < 1.29 is 19.5 Å². The van der Waals surface area contributed by atoms with Crippen LogP contribution in [0.3, 0.4) is 0 Å². The molecular weight excluding hydrogens is 481 g/mol. The number of aromatic nitrogens is 2. The fourth-order valence-corrected chi connectivity index (χ4v) is 3.51. The average Bonchev–Trinajstić information content (AvgIpc) is 3.49. The highest BCUT2D eigenvalue weighted by molar-refractivity contribution is 6.07. The number of aryl methyl sites for hydroxylation is 2. The van der Waals surface area contributed by atoms with Crippen molar-refractivity contribution in [2.45, 2.75) is 25.8 Å². The number of hydrogen-bond donors (Lipinski definition) is 4. The van der Waals surface area contributed by atoms with Gasteiger partial charge in [0.05, 0.1) is 12.5 Å². The van der Waals surface area contributed by atoms with Crippen LogP contribution in [0, 0.1) is 0 Å². The second-order valence-electron chi connectivity index (χ2n) is 7.33. The average molecular weight is 508 g/mol. The molecule has 0 saturated heterocycles. The molecule has 0 unspecified atom stereocenters. The molecule has 0 aliphatic heterocycles. The van der Waals surface area contributed by atoms with E-state index in [1.54, 1.807) is 24.3 Å². The van der Waals surface area contributed by atoms with Crippen molar-refractivity contribution in [3.05, 3.63) is 82.8 Å². The van der Waals surface area contributed by atoms with Crippen LogP contribution in [0.1, 0.15) is 43.8 Å². The van der Waals surface area contributed by atoms with Crippen LogP contribution in [0.2, 0.25) is 0 Å². The molecule has 0 radical (unpaired) electrons. The van der Waals surface area contributed by atoms with Gasteiger partial charge in [-0.1, -0.05) is 18.2 Å². The number of halogens is 2. The largest absolute Gasteiger partial charge is 0.480 e. The van der Waals surface area contributed by atoms with Crippen LogP contribution in [0.25, 0.3) is 0 Å². The Morgan fingerprint density at radius 2 is 1.76 bits per heavy atom. The van der Waals surface area contributed by atoms with Crippen LogP contribution in [-0.2, 0) is 24.2 Å². The van der Waals surface area contributed by atoms with E-state index in [0.717, 1.165) is 23.3 Å². The minimum Gasteiger partial charge on any atom is -0.480 e. The predicted molar refractivity (Wildman–Crippen MR) is 134 cm³/mol. The van der Waals surface area contributed by atoms with Gasteiger partial charge in [0.25, 0.3) is 5.91 Å². The Kier molecular flexibility index (Phi) is 11.2. The number of nitrogens with zero attached hydrogens (tertiary/aromatic N) is 2. The number of anilines is 1. The van der Waals surface area contributed by atoms with Gasteiger partial charge in [-0.2, -0.15) is 0 Å². The maximum Gasteiger partial charge on any atom is 0.323 e. The van der Waals surface area contributed by atoms with Gasteiger partial charge in [0, 0.05) is 17.7 Å². The van der Waals surface area contributed by atoms with Crippen LogP contribution in [0.15, 0.2) is 55.0 Å². The SMILES string of the molecule is Cl.Cl.NC(=O)c1ccc2c(c1)CCC2.NCc1cccc(C(=O)N(CC(=O)O)c2cnc[nH]2)c1. The van der Waals surface area contributed by atoms with E-state index < -0.39 is 18.4 Å². The van der Waals surface area contributed by atoms with Gasteiger partial charge < -0.3 is 21.6 Å². The van der Waals surface area contributed by atoms with Crippen molar-refractivity contribution in [2.75, 3.05) is 11.4 Å². The zero-order valence-corrected chi connectivity index (χ0v) is 19.9. The summed E-state index contributed by atoms with van der Waals surface area (Å²) in [5.74, 6) is -1.53. The first kappa shape index (κ1) is 28.6. The Labute approximate surface area is 209 Å². The molecule has 1 aromatic heterocycles. The summed E-state index contributed by atoms with van der Waals surface area (Å²) in [5.41, 5.74) is 15.2. The molecule has 9 nitrogen and oxygen atoms in total. The van der Waals surface area contributed by atoms with E-state index in [1.807, 2.05) is 18.2 Å². The number of aliphatic carboxylic acids is 1. The van der Waals surface area contributed by atoms with Crippen LogP contribution >= 0.6 is 24.8 Å². The minimum absolute atomic E-state index is 0. The molecule has 34 heavy (non-hydrogen) atoms. The first-order valence-corrected chi connectivity index (χ1v) is 10.1. The number of aromatic amines is 1. The van der Waals surface area contributed by atoms with E-state index in [-0.39, 0.29) is 30.7 Å². The van der Waals surface area contributed by atoms with Gasteiger partial charge in [-0.3, -0.25) is 19.3 Å². The van der Waals surface area contributed by atoms with Gasteiger partial charge in [0.1, 0.15) is 12.4 Å². The molecule has 2 amide bonds. The van der Waals surface area contributed by atoms with Gasteiger partial charge in [-0.15, -0.1) is 24.8 Å². The maximum atomic E-state index is 12.4. The van der Waals surface area contributed by atoms with Crippen molar-refractivity contribution in [3.63, 3.8) is 0 Å². The lowest BCUT2D eigenvalue weighted by Gasteiger charge is -2.18. The van der Waals surface area contributed by atoms with E-state index in [4.69, 9.17) is 16.6 Å². The van der Waals surface area contributed by atoms with E-state index in [1.165, 1.54) is 30.1 Å². The topological polar surface area (TPSA) is 155 Å². The lowest BCUT2D eigenvalue weighted by atomic mass is 10.1. The first-order chi connectivity index (χ1) is 15.4. The van der Waals surface area contributed by atoms with Gasteiger partial charge in [0.15, 0.2) is 0 Å². The van der Waals surface area contributed by atoms with Gasteiger partial charge in [-0.05, 0) is 60.2 Å². The second-order valence-corrected chi connectivity index (χ2v) is 7.33. The van der Waals surface area contributed by atoms with Crippen molar-refractivity contribution >= 4 is 48.4 Å². The molecule has 3 aromatic rings. The molecule has 6 N–H and O–H groups in total. The number of hydrogen-bond acceptors (Lipinski definition) is 5. The molecule has 0 fully saturated rings. The highest BCUT2D eigenvalue weighted by Gasteiger charge is 2.21. The molecular formula is C23H27Cl2N5O4. The number of benzene rings is 2. The summed E-state index contributed by atoms with van der Waals surface area (Å²) in [4.78, 5) is 41.8. The molecule has 1 aliphatic rings. The smallest absolute Gasteiger partial charge is 0.323 e. The van der Waals surface area contributed by atoms with E-state index in [0.29, 0.717) is 23.5 Å². The van der Waals surface area contributed by atoms with Gasteiger partial charge >= 0.3 is 5.97 Å². The van der Waals surface area contributed by atoms with Crippen molar-refractivity contribution in [2.24, 2.45) is 11.5 Å². The number of primary amides is 1. The Balaban J connectivity index is 0.000000355. The normalized spacial score (nSPS) is 11.1. The molecule has 1 heterocycles. The Morgan fingerprint density at radius 3 is 2.38 bits per heavy atom. The van der Waals surface area contributed by atoms with Crippen LogP contribution < -0.4 is 16.4 Å². The Bertz CT molecular complexity index is 1120. The number of fused-ring (bicyclic) bond motifs is 1. The van der Waals surface area contributed by atoms with Crippen molar-refractivity contribution in [1.82, 2.24) is 9.97 Å². The molecule has 182 valence electrons. The summed E-state index contributed by atoms with van der Waals surface area (Å²) in [6.45, 7) is -0.141. The number of amides is 2. The fraction of sp³-hybridized carbons (Fsp3) is 0.217. The summed E-state index contributed by atoms with van der Waals surface area (Å²) in [6, 6.07) is 12.5. The third-order valence-electron chi connectivity index (χ3n) is 5.11. The molecule has 0 atom stereocenters. The summed E-state index contributed by atoms with van der Waals surface area (Å²) in [5, 5.41) is 8.93. The van der Waals surface area contributed by atoms with Crippen LogP contribution in [-0.4, -0.2) is 39.4 Å². The second kappa shape index (κ2) is 13.3. The predicted octanol–water partition coefficient (Wildman–Crippen LogP) is 2.72. The molecule has 0 spiro atoms. The maximum absolute atomic E-state index is 12.4. The minimum atomic E-state index is -1.11. The number of nitrogens with one attached hydrogen (secondary N) is 1. The lowest BCUT2D eigenvalue weighted by molar-refractivity contribution is -0.135. The number of carboxylic acid groups (broad SMARTS) is 1. The standard InChI is InChI=1S/C13H14N4O3.C10H11NO.2ClH/c14-5-9-2-1-3-10(4-9)13(20)17(7-12(18)19)11-6-15-8-16-11;11-10(12)9-5-4-7-2-1-3-8(7)6-9;;/h1-4,6,8H,5,7,14H2,(H,15,16)(H,18,19);4-6H,1-3H2,(H2,11,12);2*1H.